The lowest BCUT2D eigenvalue weighted by Crippen LogP contribution is -2.42. The summed E-state index contributed by atoms with van der Waals surface area (Å²) in [4.78, 5) is 0. The summed E-state index contributed by atoms with van der Waals surface area (Å²) < 4.78 is 10.4. The van der Waals surface area contributed by atoms with Crippen molar-refractivity contribution in [3.8, 4) is 5.75 Å². The van der Waals surface area contributed by atoms with E-state index in [2.05, 4.69) is 5.32 Å². The number of hydrogen-bond acceptors (Lipinski definition) is 5. The predicted octanol–water partition coefficient (Wildman–Crippen LogP) is 1.23. The zero-order chi connectivity index (χ0) is 13.0. The van der Waals surface area contributed by atoms with Crippen LogP contribution in [0.1, 0.15) is 12.8 Å². The molecular formula is C13H20N2O3. The van der Waals surface area contributed by atoms with E-state index in [1.54, 1.807) is 13.2 Å². The second kappa shape index (κ2) is 5.46. The Bertz CT molecular complexity index is 403. The topological polar surface area (TPSA) is 76.7 Å². The van der Waals surface area contributed by atoms with Gasteiger partial charge in [0.1, 0.15) is 5.75 Å². The molecule has 1 fully saturated rings. The van der Waals surface area contributed by atoms with Gasteiger partial charge < -0.3 is 25.6 Å². The lowest BCUT2D eigenvalue weighted by atomic mass is 9.94. The van der Waals surface area contributed by atoms with Crippen molar-refractivity contribution in [3.63, 3.8) is 0 Å². The molecule has 4 N–H and O–H groups in total. The van der Waals surface area contributed by atoms with E-state index in [0.29, 0.717) is 38.3 Å². The lowest BCUT2D eigenvalue weighted by Gasteiger charge is -2.32. The fourth-order valence-electron chi connectivity index (χ4n) is 2.00. The van der Waals surface area contributed by atoms with Gasteiger partial charge in [0, 0.05) is 38.7 Å². The Morgan fingerprint density at radius 1 is 1.44 bits per heavy atom. The van der Waals surface area contributed by atoms with Gasteiger partial charge in [0.15, 0.2) is 0 Å². The Kier molecular flexibility index (Phi) is 3.93. The Labute approximate surface area is 107 Å². The standard InChI is InChI=1S/C13H20N2O3/c1-17-10-2-3-11(14)12(8-10)15-9-13(16)4-6-18-7-5-13/h2-3,8,15-16H,4-7,9,14H2,1H3. The van der Waals surface area contributed by atoms with Crippen LogP contribution in [-0.2, 0) is 4.74 Å². The average Bonchev–Trinajstić information content (AvgIpc) is 2.39. The average molecular weight is 252 g/mol. The van der Waals surface area contributed by atoms with E-state index in [9.17, 15) is 5.11 Å². The second-order valence-corrected chi connectivity index (χ2v) is 4.64. The molecular weight excluding hydrogens is 232 g/mol. The highest BCUT2D eigenvalue weighted by Crippen LogP contribution is 2.26. The van der Waals surface area contributed by atoms with Crippen LogP contribution in [0.2, 0.25) is 0 Å². The van der Waals surface area contributed by atoms with Gasteiger partial charge in [-0.05, 0) is 12.1 Å². The second-order valence-electron chi connectivity index (χ2n) is 4.64. The lowest BCUT2D eigenvalue weighted by molar-refractivity contribution is -0.0543. The number of ether oxygens (including phenoxy) is 2. The van der Waals surface area contributed by atoms with Crippen molar-refractivity contribution in [3.05, 3.63) is 18.2 Å². The molecule has 18 heavy (non-hydrogen) atoms. The van der Waals surface area contributed by atoms with Gasteiger partial charge in [-0.1, -0.05) is 0 Å². The molecule has 0 bridgehead atoms. The van der Waals surface area contributed by atoms with Crippen LogP contribution in [0.3, 0.4) is 0 Å². The van der Waals surface area contributed by atoms with Crippen molar-refractivity contribution < 1.29 is 14.6 Å². The van der Waals surface area contributed by atoms with E-state index in [1.165, 1.54) is 0 Å². The van der Waals surface area contributed by atoms with Gasteiger partial charge >= 0.3 is 0 Å². The zero-order valence-electron chi connectivity index (χ0n) is 10.6. The number of hydrogen-bond donors (Lipinski definition) is 3. The number of aliphatic hydroxyl groups is 1. The van der Waals surface area contributed by atoms with E-state index in [0.717, 1.165) is 11.4 Å². The van der Waals surface area contributed by atoms with E-state index >= 15 is 0 Å². The Morgan fingerprint density at radius 3 is 2.83 bits per heavy atom. The summed E-state index contributed by atoms with van der Waals surface area (Å²) in [6.45, 7) is 1.67. The fraction of sp³-hybridized carbons (Fsp3) is 0.538. The first-order valence-corrected chi connectivity index (χ1v) is 6.10. The minimum absolute atomic E-state index is 0.466. The van der Waals surface area contributed by atoms with Crippen LogP contribution in [0.4, 0.5) is 11.4 Å². The molecule has 5 heteroatoms. The van der Waals surface area contributed by atoms with E-state index < -0.39 is 5.60 Å². The molecule has 0 amide bonds. The first-order chi connectivity index (χ1) is 8.63. The maximum atomic E-state index is 10.3. The highest BCUT2D eigenvalue weighted by molar-refractivity contribution is 5.68. The van der Waals surface area contributed by atoms with Gasteiger partial charge in [-0.3, -0.25) is 0 Å². The summed E-state index contributed by atoms with van der Waals surface area (Å²) in [5.74, 6) is 0.741. The van der Waals surface area contributed by atoms with Gasteiger partial charge in [-0.25, -0.2) is 0 Å². The van der Waals surface area contributed by atoms with Crippen molar-refractivity contribution in [1.82, 2.24) is 0 Å². The first kappa shape index (κ1) is 13.0. The molecule has 0 unspecified atom stereocenters. The van der Waals surface area contributed by atoms with Crippen molar-refractivity contribution >= 4 is 11.4 Å². The fourth-order valence-corrected chi connectivity index (χ4v) is 2.00. The van der Waals surface area contributed by atoms with Gasteiger partial charge in [0.05, 0.1) is 24.1 Å². The van der Waals surface area contributed by atoms with Crippen LogP contribution >= 0.6 is 0 Å². The minimum Gasteiger partial charge on any atom is -0.497 e. The number of anilines is 2. The van der Waals surface area contributed by atoms with Crippen molar-refractivity contribution in [1.29, 1.82) is 0 Å². The molecule has 5 nitrogen and oxygen atoms in total. The number of nitrogens with one attached hydrogen (secondary N) is 1. The van der Waals surface area contributed by atoms with Gasteiger partial charge in [-0.15, -0.1) is 0 Å². The third-order valence-corrected chi connectivity index (χ3v) is 3.29. The van der Waals surface area contributed by atoms with Crippen LogP contribution in [0, 0.1) is 0 Å². The number of benzene rings is 1. The zero-order valence-corrected chi connectivity index (χ0v) is 10.6. The van der Waals surface area contributed by atoms with Crippen LogP contribution < -0.4 is 15.8 Å². The Balaban J connectivity index is 2.00. The molecule has 0 aliphatic carbocycles. The van der Waals surface area contributed by atoms with Crippen LogP contribution in [0.5, 0.6) is 5.75 Å². The highest BCUT2D eigenvalue weighted by atomic mass is 16.5. The molecule has 0 radical (unpaired) electrons. The number of rotatable bonds is 4. The minimum atomic E-state index is -0.715. The third-order valence-electron chi connectivity index (χ3n) is 3.29. The highest BCUT2D eigenvalue weighted by Gasteiger charge is 2.29. The summed E-state index contributed by atoms with van der Waals surface area (Å²) >= 11 is 0. The predicted molar refractivity (Wildman–Crippen MR) is 70.9 cm³/mol. The van der Waals surface area contributed by atoms with Gasteiger partial charge in [-0.2, -0.15) is 0 Å². The number of nitrogens with two attached hydrogens (primary N) is 1. The maximum absolute atomic E-state index is 10.3. The molecule has 1 aromatic carbocycles. The van der Waals surface area contributed by atoms with E-state index in [1.807, 2.05) is 12.1 Å². The summed E-state index contributed by atoms with van der Waals surface area (Å²) in [6, 6.07) is 5.43. The molecule has 1 aliphatic heterocycles. The smallest absolute Gasteiger partial charge is 0.121 e. The summed E-state index contributed by atoms with van der Waals surface area (Å²) in [6.07, 6.45) is 1.29. The Morgan fingerprint density at radius 2 is 2.17 bits per heavy atom. The first-order valence-electron chi connectivity index (χ1n) is 6.10. The molecule has 0 saturated carbocycles. The molecule has 0 atom stereocenters. The Hall–Kier alpha value is -1.46. The molecule has 1 saturated heterocycles. The summed E-state index contributed by atoms with van der Waals surface area (Å²) in [5, 5.41) is 13.5. The monoisotopic (exact) mass is 252 g/mol. The van der Waals surface area contributed by atoms with E-state index in [-0.39, 0.29) is 0 Å². The van der Waals surface area contributed by atoms with E-state index in [4.69, 9.17) is 15.2 Å². The molecule has 100 valence electrons. The molecule has 2 rings (SSSR count). The molecule has 0 spiro atoms. The SMILES string of the molecule is COc1ccc(N)c(NCC2(O)CCOCC2)c1. The van der Waals surface area contributed by atoms with Crippen LogP contribution in [-0.4, -0.2) is 37.6 Å². The number of nitrogen functional groups attached to an aromatic ring is 1. The molecule has 0 aromatic heterocycles. The molecule has 1 heterocycles. The normalized spacial score (nSPS) is 18.3. The summed E-state index contributed by atoms with van der Waals surface area (Å²) in [7, 11) is 1.61. The quantitative estimate of drug-likeness (QED) is 0.703. The maximum Gasteiger partial charge on any atom is 0.121 e. The summed E-state index contributed by atoms with van der Waals surface area (Å²) in [5.41, 5.74) is 6.60. The van der Waals surface area contributed by atoms with Gasteiger partial charge in [0.2, 0.25) is 0 Å². The van der Waals surface area contributed by atoms with Crippen molar-refractivity contribution in [2.45, 2.75) is 18.4 Å². The number of methoxy groups -OCH3 is 1. The molecule has 1 aliphatic rings. The third kappa shape index (κ3) is 3.05. The van der Waals surface area contributed by atoms with Gasteiger partial charge in [0.25, 0.3) is 0 Å². The van der Waals surface area contributed by atoms with Crippen LogP contribution in [0.25, 0.3) is 0 Å². The largest absolute Gasteiger partial charge is 0.497 e. The van der Waals surface area contributed by atoms with Crippen LogP contribution in [0.15, 0.2) is 18.2 Å². The van der Waals surface area contributed by atoms with Crippen molar-refractivity contribution in [2.24, 2.45) is 0 Å². The molecule has 1 aromatic rings. The van der Waals surface area contributed by atoms with Crippen molar-refractivity contribution in [2.75, 3.05) is 37.9 Å².